The van der Waals surface area contributed by atoms with Crippen LogP contribution in [-0.2, 0) is 4.79 Å². The van der Waals surface area contributed by atoms with Crippen LogP contribution in [0, 0.1) is 5.92 Å². The number of hydrogen-bond donors (Lipinski definition) is 2. The van der Waals surface area contributed by atoms with Gasteiger partial charge in [-0.15, -0.1) is 0 Å². The van der Waals surface area contributed by atoms with Crippen LogP contribution in [0.15, 0.2) is 0 Å². The van der Waals surface area contributed by atoms with E-state index in [9.17, 15) is 4.79 Å². The van der Waals surface area contributed by atoms with E-state index < -0.39 is 5.97 Å². The van der Waals surface area contributed by atoms with E-state index in [1.54, 1.807) is 0 Å². The number of carbonyl (C=O) groups is 1. The van der Waals surface area contributed by atoms with E-state index in [0.717, 1.165) is 12.8 Å². The Morgan fingerprint density at radius 2 is 2.15 bits per heavy atom. The molecule has 0 bridgehead atoms. The summed E-state index contributed by atoms with van der Waals surface area (Å²) in [5.41, 5.74) is 5.67. The summed E-state index contributed by atoms with van der Waals surface area (Å²) in [4.78, 5) is 10.3. The summed E-state index contributed by atoms with van der Waals surface area (Å²) < 4.78 is 0. The number of carboxylic acids is 1. The van der Waals surface area contributed by atoms with Gasteiger partial charge in [0.1, 0.15) is 0 Å². The van der Waals surface area contributed by atoms with Crippen molar-refractivity contribution in [3.8, 4) is 0 Å². The van der Waals surface area contributed by atoms with Crippen LogP contribution in [0.2, 0.25) is 0 Å². The molecule has 0 fully saturated rings. The number of rotatable bonds is 7. The summed E-state index contributed by atoms with van der Waals surface area (Å²) in [6.45, 7) is 4.29. The second kappa shape index (κ2) is 6.89. The van der Waals surface area contributed by atoms with Crippen molar-refractivity contribution in [3.05, 3.63) is 0 Å². The fourth-order valence-electron chi connectivity index (χ4n) is 1.49. The maximum Gasteiger partial charge on any atom is 0.304 e. The Morgan fingerprint density at radius 3 is 2.62 bits per heavy atom. The van der Waals surface area contributed by atoms with Crippen LogP contribution in [0.1, 0.15) is 46.0 Å². The molecule has 0 aliphatic carbocycles. The highest BCUT2D eigenvalue weighted by molar-refractivity contribution is 5.67. The van der Waals surface area contributed by atoms with Crippen molar-refractivity contribution in [2.45, 2.75) is 52.0 Å². The van der Waals surface area contributed by atoms with E-state index in [-0.39, 0.29) is 12.5 Å². The predicted molar refractivity (Wildman–Crippen MR) is 53.5 cm³/mol. The molecule has 3 N–H and O–H groups in total. The molecule has 0 unspecified atom stereocenters. The van der Waals surface area contributed by atoms with Crippen molar-refractivity contribution in [3.63, 3.8) is 0 Å². The molecule has 0 spiro atoms. The van der Waals surface area contributed by atoms with Gasteiger partial charge in [-0.05, 0) is 12.3 Å². The van der Waals surface area contributed by atoms with Gasteiger partial charge in [-0.1, -0.05) is 33.1 Å². The average Bonchev–Trinajstić information content (AvgIpc) is 1.98. The normalized spacial score (nSPS) is 15.3. The number of unbranched alkanes of at least 4 members (excludes halogenated alkanes) is 1. The fourth-order valence-corrected chi connectivity index (χ4v) is 1.49. The molecule has 0 rings (SSSR count). The summed E-state index contributed by atoms with van der Waals surface area (Å²) in [5, 5.41) is 8.49. The summed E-state index contributed by atoms with van der Waals surface area (Å²) in [6, 6.07) is -0.177. The summed E-state index contributed by atoms with van der Waals surface area (Å²) in [6.07, 6.45) is 4.48. The van der Waals surface area contributed by atoms with Crippen LogP contribution in [0.5, 0.6) is 0 Å². The van der Waals surface area contributed by atoms with Crippen molar-refractivity contribution < 1.29 is 9.90 Å². The van der Waals surface area contributed by atoms with E-state index in [4.69, 9.17) is 10.8 Å². The van der Waals surface area contributed by atoms with Gasteiger partial charge in [0.05, 0.1) is 6.42 Å². The second-order valence-electron chi connectivity index (χ2n) is 3.84. The van der Waals surface area contributed by atoms with Gasteiger partial charge in [-0.3, -0.25) is 4.79 Å². The molecule has 0 radical (unpaired) electrons. The summed E-state index contributed by atoms with van der Waals surface area (Å²) >= 11 is 0. The Labute approximate surface area is 80.3 Å². The molecule has 2 atom stereocenters. The maximum absolute atomic E-state index is 10.3. The molecule has 0 saturated heterocycles. The number of hydrogen-bond acceptors (Lipinski definition) is 2. The van der Waals surface area contributed by atoms with Gasteiger partial charge >= 0.3 is 5.97 Å². The lowest BCUT2D eigenvalue weighted by Crippen LogP contribution is -2.25. The van der Waals surface area contributed by atoms with E-state index in [1.165, 1.54) is 12.8 Å². The van der Waals surface area contributed by atoms with Crippen molar-refractivity contribution in [2.75, 3.05) is 0 Å². The zero-order valence-electron chi connectivity index (χ0n) is 8.62. The molecule has 0 aromatic carbocycles. The Bertz CT molecular complexity index is 148. The van der Waals surface area contributed by atoms with Gasteiger partial charge < -0.3 is 10.8 Å². The van der Waals surface area contributed by atoms with E-state index in [2.05, 4.69) is 13.8 Å². The monoisotopic (exact) mass is 187 g/mol. The molecule has 0 amide bonds. The standard InChI is InChI=1S/C10H21NO2/c1-3-4-5-8(2)6-9(11)7-10(12)13/h8-9H,3-7,11H2,1-2H3,(H,12,13)/t8-,9-/m1/s1. The largest absolute Gasteiger partial charge is 0.481 e. The molecule has 0 aromatic rings. The molecule has 3 nitrogen and oxygen atoms in total. The lowest BCUT2D eigenvalue weighted by atomic mass is 9.95. The van der Waals surface area contributed by atoms with Crippen molar-refractivity contribution >= 4 is 5.97 Å². The number of carboxylic acid groups (broad SMARTS) is 1. The molecular formula is C10H21NO2. The Kier molecular flexibility index (Phi) is 6.59. The van der Waals surface area contributed by atoms with Gasteiger partial charge in [-0.2, -0.15) is 0 Å². The minimum atomic E-state index is -0.796. The van der Waals surface area contributed by atoms with Gasteiger partial charge in [0, 0.05) is 6.04 Å². The highest BCUT2D eigenvalue weighted by Crippen LogP contribution is 2.14. The van der Waals surface area contributed by atoms with Gasteiger partial charge in [0.25, 0.3) is 0 Å². The number of aliphatic carboxylic acids is 1. The van der Waals surface area contributed by atoms with E-state index >= 15 is 0 Å². The fraction of sp³-hybridized carbons (Fsp3) is 0.900. The van der Waals surface area contributed by atoms with Gasteiger partial charge in [0.15, 0.2) is 0 Å². The molecule has 0 aliphatic rings. The third-order valence-electron chi connectivity index (χ3n) is 2.19. The van der Waals surface area contributed by atoms with Crippen LogP contribution < -0.4 is 5.73 Å². The lowest BCUT2D eigenvalue weighted by molar-refractivity contribution is -0.137. The molecule has 78 valence electrons. The Balaban J connectivity index is 3.52. The second-order valence-corrected chi connectivity index (χ2v) is 3.84. The van der Waals surface area contributed by atoms with Crippen molar-refractivity contribution in [1.29, 1.82) is 0 Å². The Morgan fingerprint density at radius 1 is 1.54 bits per heavy atom. The van der Waals surface area contributed by atoms with Crippen LogP contribution in [0.3, 0.4) is 0 Å². The van der Waals surface area contributed by atoms with Crippen molar-refractivity contribution in [2.24, 2.45) is 11.7 Å². The zero-order chi connectivity index (χ0) is 10.3. The first-order chi connectivity index (χ1) is 6.06. The van der Waals surface area contributed by atoms with Crippen LogP contribution in [0.25, 0.3) is 0 Å². The molecule has 0 heterocycles. The van der Waals surface area contributed by atoms with Crippen LogP contribution >= 0.6 is 0 Å². The smallest absolute Gasteiger partial charge is 0.304 e. The zero-order valence-corrected chi connectivity index (χ0v) is 8.62. The van der Waals surface area contributed by atoms with E-state index in [0.29, 0.717) is 5.92 Å². The highest BCUT2D eigenvalue weighted by atomic mass is 16.4. The Hall–Kier alpha value is -0.570. The minimum absolute atomic E-state index is 0.0937. The topological polar surface area (TPSA) is 63.3 Å². The third kappa shape index (κ3) is 7.78. The highest BCUT2D eigenvalue weighted by Gasteiger charge is 2.11. The molecule has 3 heteroatoms. The first-order valence-electron chi connectivity index (χ1n) is 5.03. The van der Waals surface area contributed by atoms with Crippen LogP contribution in [0.4, 0.5) is 0 Å². The molecule has 13 heavy (non-hydrogen) atoms. The molecule has 0 saturated carbocycles. The first-order valence-corrected chi connectivity index (χ1v) is 5.03. The molecule has 0 aliphatic heterocycles. The first kappa shape index (κ1) is 12.4. The minimum Gasteiger partial charge on any atom is -0.481 e. The number of nitrogens with two attached hydrogens (primary N) is 1. The maximum atomic E-state index is 10.3. The summed E-state index contributed by atoms with van der Waals surface area (Å²) in [5.74, 6) is -0.246. The van der Waals surface area contributed by atoms with E-state index in [1.807, 2.05) is 0 Å². The summed E-state index contributed by atoms with van der Waals surface area (Å²) in [7, 11) is 0. The van der Waals surface area contributed by atoms with Crippen molar-refractivity contribution in [1.82, 2.24) is 0 Å². The van der Waals surface area contributed by atoms with Crippen LogP contribution in [-0.4, -0.2) is 17.1 Å². The third-order valence-corrected chi connectivity index (χ3v) is 2.19. The molecular weight excluding hydrogens is 166 g/mol. The predicted octanol–water partition coefficient (Wildman–Crippen LogP) is 2.00. The average molecular weight is 187 g/mol. The SMILES string of the molecule is CCCC[C@@H](C)C[C@@H](N)CC(=O)O. The molecule has 0 aromatic heterocycles. The van der Waals surface area contributed by atoms with Gasteiger partial charge in [-0.25, -0.2) is 0 Å². The lowest BCUT2D eigenvalue weighted by Gasteiger charge is -2.15. The van der Waals surface area contributed by atoms with Gasteiger partial charge in [0.2, 0.25) is 0 Å². The quantitative estimate of drug-likeness (QED) is 0.640.